The van der Waals surface area contributed by atoms with E-state index in [0.717, 1.165) is 19.3 Å². The molecular weight excluding hydrogens is 268 g/mol. The van der Waals surface area contributed by atoms with Gasteiger partial charge in [0.25, 0.3) is 0 Å². The zero-order valence-electron chi connectivity index (χ0n) is 10.6. The molecule has 2 rings (SSSR count). The average molecular weight is 284 g/mol. The van der Waals surface area contributed by atoms with Crippen molar-refractivity contribution >= 4 is 15.8 Å². The molecule has 0 aliphatic heterocycles. The van der Waals surface area contributed by atoms with Crippen LogP contribution in [0.15, 0.2) is 23.1 Å². The Kier molecular flexibility index (Phi) is 3.80. The van der Waals surface area contributed by atoms with Gasteiger partial charge < -0.3 is 9.84 Å². The Morgan fingerprint density at radius 1 is 1.42 bits per heavy atom. The van der Waals surface area contributed by atoms with Crippen LogP contribution in [0.4, 0.5) is 0 Å². The Labute approximate surface area is 112 Å². The van der Waals surface area contributed by atoms with Gasteiger partial charge in [0.2, 0.25) is 0 Å². The summed E-state index contributed by atoms with van der Waals surface area (Å²) in [5, 5.41) is 9.05. The van der Waals surface area contributed by atoms with Crippen molar-refractivity contribution in [1.82, 2.24) is 0 Å². The van der Waals surface area contributed by atoms with Crippen molar-refractivity contribution in [1.29, 1.82) is 0 Å². The highest BCUT2D eigenvalue weighted by molar-refractivity contribution is 7.91. The SMILES string of the molecule is COc1ccc(S(=O)(=O)CC2CCC2)cc1C(=O)O. The second kappa shape index (κ2) is 5.21. The van der Waals surface area contributed by atoms with Gasteiger partial charge in [-0.1, -0.05) is 6.42 Å². The van der Waals surface area contributed by atoms with Crippen LogP contribution in [-0.2, 0) is 9.84 Å². The van der Waals surface area contributed by atoms with Crippen molar-refractivity contribution in [2.24, 2.45) is 5.92 Å². The number of hydrogen-bond acceptors (Lipinski definition) is 4. The van der Waals surface area contributed by atoms with E-state index in [2.05, 4.69) is 0 Å². The fraction of sp³-hybridized carbons (Fsp3) is 0.462. The minimum atomic E-state index is -3.42. The fourth-order valence-electron chi connectivity index (χ4n) is 2.11. The second-order valence-corrected chi connectivity index (χ2v) is 6.78. The number of aromatic carboxylic acids is 1. The first-order valence-electron chi connectivity index (χ1n) is 6.08. The molecule has 1 aliphatic carbocycles. The van der Waals surface area contributed by atoms with Gasteiger partial charge in [-0.3, -0.25) is 0 Å². The van der Waals surface area contributed by atoms with Crippen LogP contribution in [0.2, 0.25) is 0 Å². The number of methoxy groups -OCH3 is 1. The summed E-state index contributed by atoms with van der Waals surface area (Å²) in [7, 11) is -2.07. The van der Waals surface area contributed by atoms with Crippen LogP contribution in [0.5, 0.6) is 5.75 Å². The van der Waals surface area contributed by atoms with Crippen LogP contribution >= 0.6 is 0 Å². The van der Waals surface area contributed by atoms with E-state index in [9.17, 15) is 13.2 Å². The zero-order chi connectivity index (χ0) is 14.0. The molecule has 1 saturated carbocycles. The first-order valence-corrected chi connectivity index (χ1v) is 7.73. The molecule has 0 heterocycles. The zero-order valence-corrected chi connectivity index (χ0v) is 11.4. The Bertz CT molecular complexity index is 587. The maximum absolute atomic E-state index is 12.2. The first-order chi connectivity index (χ1) is 8.94. The predicted molar refractivity (Wildman–Crippen MR) is 69.3 cm³/mol. The van der Waals surface area contributed by atoms with E-state index < -0.39 is 15.8 Å². The van der Waals surface area contributed by atoms with E-state index in [1.54, 1.807) is 0 Å². The molecule has 1 aliphatic rings. The normalized spacial score (nSPS) is 15.8. The Hall–Kier alpha value is -1.56. The van der Waals surface area contributed by atoms with Crippen LogP contribution in [0.1, 0.15) is 29.6 Å². The third-order valence-corrected chi connectivity index (χ3v) is 5.32. The summed E-state index contributed by atoms with van der Waals surface area (Å²) in [6.45, 7) is 0. The number of carboxylic acid groups (broad SMARTS) is 1. The largest absolute Gasteiger partial charge is 0.496 e. The van der Waals surface area contributed by atoms with Gasteiger partial charge in [0.15, 0.2) is 9.84 Å². The molecule has 0 spiro atoms. The highest BCUT2D eigenvalue weighted by Crippen LogP contribution is 2.31. The van der Waals surface area contributed by atoms with Crippen LogP contribution < -0.4 is 4.74 Å². The summed E-state index contributed by atoms with van der Waals surface area (Å²) in [6.07, 6.45) is 2.94. The van der Waals surface area contributed by atoms with Gasteiger partial charge in [-0.05, 0) is 37.0 Å². The summed E-state index contributed by atoms with van der Waals surface area (Å²) in [6, 6.07) is 3.96. The lowest BCUT2D eigenvalue weighted by atomic mass is 9.87. The third kappa shape index (κ3) is 2.89. The van der Waals surface area contributed by atoms with Gasteiger partial charge in [-0.25, -0.2) is 13.2 Å². The number of carbonyl (C=O) groups is 1. The average Bonchev–Trinajstić information content (AvgIpc) is 2.33. The molecule has 0 unspecified atom stereocenters. The van der Waals surface area contributed by atoms with E-state index in [0.29, 0.717) is 0 Å². The Balaban J connectivity index is 2.33. The Morgan fingerprint density at radius 3 is 2.58 bits per heavy atom. The first kappa shape index (κ1) is 13.9. The number of rotatable bonds is 5. The molecule has 0 atom stereocenters. The molecule has 1 N–H and O–H groups in total. The minimum Gasteiger partial charge on any atom is -0.496 e. The van der Waals surface area contributed by atoms with E-state index in [1.807, 2.05) is 0 Å². The summed E-state index contributed by atoms with van der Waals surface area (Å²) in [5.41, 5.74) is -0.128. The minimum absolute atomic E-state index is 0.0533. The van der Waals surface area contributed by atoms with Crippen molar-refractivity contribution in [3.8, 4) is 5.75 Å². The summed E-state index contributed by atoms with van der Waals surface area (Å²) < 4.78 is 29.3. The van der Waals surface area contributed by atoms with Gasteiger partial charge in [0, 0.05) is 0 Å². The number of benzene rings is 1. The molecule has 5 nitrogen and oxygen atoms in total. The van der Waals surface area contributed by atoms with Gasteiger partial charge in [0.1, 0.15) is 11.3 Å². The quantitative estimate of drug-likeness (QED) is 0.894. The van der Waals surface area contributed by atoms with Crippen LogP contribution in [-0.4, -0.2) is 32.4 Å². The maximum atomic E-state index is 12.2. The molecule has 19 heavy (non-hydrogen) atoms. The van der Waals surface area contributed by atoms with Crippen molar-refractivity contribution in [3.05, 3.63) is 23.8 Å². The smallest absolute Gasteiger partial charge is 0.339 e. The van der Waals surface area contributed by atoms with Crippen LogP contribution in [0, 0.1) is 5.92 Å². The lowest BCUT2D eigenvalue weighted by Gasteiger charge is -2.24. The van der Waals surface area contributed by atoms with Crippen molar-refractivity contribution in [3.63, 3.8) is 0 Å². The molecule has 1 aromatic carbocycles. The van der Waals surface area contributed by atoms with Gasteiger partial charge >= 0.3 is 5.97 Å². The Morgan fingerprint density at radius 2 is 2.11 bits per heavy atom. The van der Waals surface area contributed by atoms with Crippen LogP contribution in [0.25, 0.3) is 0 Å². The maximum Gasteiger partial charge on any atom is 0.339 e. The van der Waals surface area contributed by atoms with Crippen molar-refractivity contribution < 1.29 is 23.1 Å². The molecule has 0 amide bonds. The summed E-state index contributed by atoms with van der Waals surface area (Å²) in [4.78, 5) is 11.1. The van der Waals surface area contributed by atoms with Crippen molar-refractivity contribution in [2.75, 3.05) is 12.9 Å². The number of ether oxygens (including phenoxy) is 1. The highest BCUT2D eigenvalue weighted by Gasteiger charge is 2.27. The highest BCUT2D eigenvalue weighted by atomic mass is 32.2. The van der Waals surface area contributed by atoms with E-state index in [-0.39, 0.29) is 27.9 Å². The third-order valence-electron chi connectivity index (χ3n) is 3.44. The molecule has 104 valence electrons. The van der Waals surface area contributed by atoms with Gasteiger partial charge in [-0.15, -0.1) is 0 Å². The molecule has 0 radical (unpaired) electrons. The van der Waals surface area contributed by atoms with E-state index in [1.165, 1.54) is 25.3 Å². The lowest BCUT2D eigenvalue weighted by Crippen LogP contribution is -2.22. The molecule has 0 aromatic heterocycles. The second-order valence-electron chi connectivity index (χ2n) is 4.75. The number of sulfone groups is 1. The monoisotopic (exact) mass is 284 g/mol. The fourth-order valence-corrected chi connectivity index (χ4v) is 3.83. The predicted octanol–water partition coefficient (Wildman–Crippen LogP) is 1.97. The molecule has 6 heteroatoms. The molecule has 1 fully saturated rings. The van der Waals surface area contributed by atoms with Crippen molar-refractivity contribution in [2.45, 2.75) is 24.2 Å². The van der Waals surface area contributed by atoms with E-state index in [4.69, 9.17) is 9.84 Å². The standard InChI is InChI=1S/C13H16O5S/c1-18-12-6-5-10(7-11(12)13(14)15)19(16,17)8-9-3-2-4-9/h5-7,9H,2-4,8H2,1H3,(H,14,15). The number of carboxylic acids is 1. The topological polar surface area (TPSA) is 80.7 Å². The number of hydrogen-bond donors (Lipinski definition) is 1. The van der Waals surface area contributed by atoms with E-state index >= 15 is 0 Å². The van der Waals surface area contributed by atoms with Crippen LogP contribution in [0.3, 0.4) is 0 Å². The van der Waals surface area contributed by atoms with Gasteiger partial charge in [0.05, 0.1) is 17.8 Å². The van der Waals surface area contributed by atoms with Gasteiger partial charge in [-0.2, -0.15) is 0 Å². The lowest BCUT2D eigenvalue weighted by molar-refractivity contribution is 0.0693. The molecule has 0 bridgehead atoms. The molecular formula is C13H16O5S. The molecule has 0 saturated heterocycles. The summed E-state index contributed by atoms with van der Waals surface area (Å²) in [5.74, 6) is -0.730. The summed E-state index contributed by atoms with van der Waals surface area (Å²) >= 11 is 0. The molecule has 1 aromatic rings.